The molecule has 1 aliphatic heterocycles. The molecule has 16 heavy (non-hydrogen) atoms. The van der Waals surface area contributed by atoms with Crippen LogP contribution < -0.4 is 5.32 Å². The average molecular weight is 335 g/mol. The molecule has 4 heteroatoms. The molecule has 0 amide bonds. The molecule has 1 aliphatic rings. The van der Waals surface area contributed by atoms with E-state index in [2.05, 4.69) is 11.9 Å². The molecule has 1 N–H and O–H groups in total. The lowest BCUT2D eigenvalue weighted by atomic mass is 10.0. The summed E-state index contributed by atoms with van der Waals surface area (Å²) in [6.45, 7) is 4.84. The zero-order chi connectivity index (χ0) is 11.8. The Morgan fingerprint density at radius 3 is 2.62 bits per heavy atom. The van der Waals surface area contributed by atoms with E-state index in [1.165, 1.54) is 6.08 Å². The van der Waals surface area contributed by atoms with E-state index in [1.54, 1.807) is 6.07 Å². The molecule has 2 rings (SSSR count). The van der Waals surface area contributed by atoms with Gasteiger partial charge in [-0.1, -0.05) is 6.08 Å². The van der Waals surface area contributed by atoms with E-state index in [0.29, 0.717) is 10.1 Å². The third kappa shape index (κ3) is 2.13. The third-order valence-corrected chi connectivity index (χ3v) is 3.61. The van der Waals surface area contributed by atoms with Crippen LogP contribution in [0.5, 0.6) is 0 Å². The first kappa shape index (κ1) is 12.0. The zero-order valence-corrected chi connectivity index (χ0v) is 10.9. The lowest BCUT2D eigenvalue weighted by Gasteiger charge is -2.17. The Morgan fingerprint density at radius 2 is 2.00 bits per heavy atom. The Morgan fingerprint density at radius 1 is 1.38 bits per heavy atom. The van der Waals surface area contributed by atoms with Crippen LogP contribution in [0.3, 0.4) is 0 Å². The van der Waals surface area contributed by atoms with Crippen molar-refractivity contribution in [2.24, 2.45) is 0 Å². The van der Waals surface area contributed by atoms with E-state index >= 15 is 0 Å². The maximum absolute atomic E-state index is 13.8. The predicted octanol–water partition coefficient (Wildman–Crippen LogP) is 3.56. The van der Waals surface area contributed by atoms with Crippen molar-refractivity contribution in [2.45, 2.75) is 25.4 Å². The van der Waals surface area contributed by atoms with Crippen LogP contribution in [0.4, 0.5) is 8.78 Å². The van der Waals surface area contributed by atoms with Gasteiger partial charge in [-0.3, -0.25) is 0 Å². The van der Waals surface area contributed by atoms with E-state index in [1.807, 2.05) is 28.7 Å². The summed E-state index contributed by atoms with van der Waals surface area (Å²) < 4.78 is 28.2. The number of fused-ring (bicyclic) bond motifs is 1. The highest BCUT2D eigenvalue weighted by Crippen LogP contribution is 2.37. The molecule has 0 spiro atoms. The first-order valence-electron chi connectivity index (χ1n) is 5.06. The monoisotopic (exact) mass is 335 g/mol. The lowest BCUT2D eigenvalue weighted by Crippen LogP contribution is -2.14. The van der Waals surface area contributed by atoms with Gasteiger partial charge in [0.25, 0.3) is 5.92 Å². The minimum atomic E-state index is -2.81. The van der Waals surface area contributed by atoms with Gasteiger partial charge in [-0.25, -0.2) is 8.78 Å². The molecule has 0 radical (unpaired) electrons. The van der Waals surface area contributed by atoms with Crippen LogP contribution in [-0.4, -0.2) is 0 Å². The second-order valence-electron chi connectivity index (χ2n) is 3.90. The second-order valence-corrected chi connectivity index (χ2v) is 5.06. The molecule has 0 saturated carbocycles. The van der Waals surface area contributed by atoms with E-state index in [9.17, 15) is 8.78 Å². The first-order valence-corrected chi connectivity index (χ1v) is 6.13. The summed E-state index contributed by atoms with van der Waals surface area (Å²) >= 11 is 1.98. The van der Waals surface area contributed by atoms with E-state index in [0.717, 1.165) is 17.7 Å². The Labute approximate surface area is 107 Å². The van der Waals surface area contributed by atoms with Gasteiger partial charge < -0.3 is 5.32 Å². The van der Waals surface area contributed by atoms with Crippen molar-refractivity contribution >= 4 is 22.6 Å². The fourth-order valence-electron chi connectivity index (χ4n) is 1.89. The smallest absolute Gasteiger partial charge is 0.277 e. The summed E-state index contributed by atoms with van der Waals surface area (Å²) in [5.41, 5.74) is 2.23. The van der Waals surface area contributed by atoms with E-state index < -0.39 is 5.92 Å². The van der Waals surface area contributed by atoms with Gasteiger partial charge in [0.05, 0.1) is 0 Å². The van der Waals surface area contributed by atoms with Gasteiger partial charge in [0.1, 0.15) is 0 Å². The quantitative estimate of drug-likeness (QED) is 0.658. The second kappa shape index (κ2) is 4.41. The molecule has 1 aromatic carbocycles. The van der Waals surface area contributed by atoms with Crippen molar-refractivity contribution in [1.82, 2.24) is 5.32 Å². The number of benzene rings is 1. The van der Waals surface area contributed by atoms with Crippen LogP contribution in [0.1, 0.15) is 23.1 Å². The average Bonchev–Trinajstić information content (AvgIpc) is 2.63. The van der Waals surface area contributed by atoms with E-state index in [4.69, 9.17) is 0 Å². The maximum Gasteiger partial charge on any atom is 0.277 e. The van der Waals surface area contributed by atoms with Crippen molar-refractivity contribution in [3.63, 3.8) is 0 Å². The summed E-state index contributed by atoms with van der Waals surface area (Å²) in [4.78, 5) is 0. The summed E-state index contributed by atoms with van der Waals surface area (Å²) in [6, 6.07) is 3.48. The van der Waals surface area contributed by atoms with Crippen molar-refractivity contribution < 1.29 is 8.78 Å². The largest absolute Gasteiger partial charge is 0.309 e. The standard InChI is InChI=1S/C12H12F2IN/c1-2-3-12(13,14)10-4-8-6-16-7-9(8)5-11(10)15/h2,4-5,16H,1,3,6-7H2. The van der Waals surface area contributed by atoms with Crippen LogP contribution in [0.15, 0.2) is 24.8 Å². The van der Waals surface area contributed by atoms with Crippen LogP contribution in [0.2, 0.25) is 0 Å². The highest BCUT2D eigenvalue weighted by atomic mass is 127. The van der Waals surface area contributed by atoms with Gasteiger partial charge in [0.2, 0.25) is 0 Å². The number of hydrogen-bond acceptors (Lipinski definition) is 1. The Balaban J connectivity index is 2.45. The van der Waals surface area contributed by atoms with Crippen LogP contribution >= 0.6 is 22.6 Å². The minimum Gasteiger partial charge on any atom is -0.309 e. The first-order chi connectivity index (χ1) is 7.54. The number of alkyl halides is 2. The van der Waals surface area contributed by atoms with Crippen molar-refractivity contribution in [3.8, 4) is 0 Å². The molecule has 0 unspecified atom stereocenters. The summed E-state index contributed by atoms with van der Waals surface area (Å²) in [7, 11) is 0. The van der Waals surface area contributed by atoms with Crippen LogP contribution in [-0.2, 0) is 19.0 Å². The highest BCUT2D eigenvalue weighted by molar-refractivity contribution is 14.1. The Hall–Kier alpha value is -0.490. The minimum absolute atomic E-state index is 0.121. The SMILES string of the molecule is C=CCC(F)(F)c1cc2c(cc1I)CNC2. The number of rotatable bonds is 3. The lowest BCUT2D eigenvalue weighted by molar-refractivity contribution is -0.00178. The van der Waals surface area contributed by atoms with Gasteiger partial charge in [0, 0.05) is 28.6 Å². The molecule has 0 fully saturated rings. The molecule has 0 aromatic heterocycles. The molecule has 0 saturated heterocycles. The normalized spacial score (nSPS) is 14.9. The maximum atomic E-state index is 13.8. The summed E-state index contributed by atoms with van der Waals surface area (Å²) in [5.74, 6) is -2.81. The van der Waals surface area contributed by atoms with Crippen molar-refractivity contribution in [1.29, 1.82) is 0 Å². The fourth-order valence-corrected chi connectivity index (χ4v) is 2.82. The number of hydrogen-bond donors (Lipinski definition) is 1. The van der Waals surface area contributed by atoms with Gasteiger partial charge in [-0.2, -0.15) is 0 Å². The molecule has 1 heterocycles. The van der Waals surface area contributed by atoms with Gasteiger partial charge in [-0.15, -0.1) is 6.58 Å². The summed E-state index contributed by atoms with van der Waals surface area (Å²) in [6.07, 6.45) is 0.955. The third-order valence-electron chi connectivity index (χ3n) is 2.71. The highest BCUT2D eigenvalue weighted by Gasteiger charge is 2.33. The van der Waals surface area contributed by atoms with Gasteiger partial charge >= 0.3 is 0 Å². The molecule has 86 valence electrons. The summed E-state index contributed by atoms with van der Waals surface area (Å²) in [5, 5.41) is 3.16. The van der Waals surface area contributed by atoms with E-state index in [-0.39, 0.29) is 12.0 Å². The van der Waals surface area contributed by atoms with Crippen LogP contribution in [0.25, 0.3) is 0 Å². The molecular weight excluding hydrogens is 323 g/mol. The molecule has 0 bridgehead atoms. The fraction of sp³-hybridized carbons (Fsp3) is 0.333. The molecule has 0 aliphatic carbocycles. The van der Waals surface area contributed by atoms with Crippen molar-refractivity contribution in [2.75, 3.05) is 0 Å². The predicted molar refractivity (Wildman–Crippen MR) is 68.4 cm³/mol. The zero-order valence-electron chi connectivity index (χ0n) is 8.69. The molecular formula is C12H12F2IN. The van der Waals surface area contributed by atoms with Gasteiger partial charge in [0.15, 0.2) is 0 Å². The Bertz CT molecular complexity index is 429. The number of nitrogens with one attached hydrogen (secondary N) is 1. The van der Waals surface area contributed by atoms with Crippen LogP contribution in [0, 0.1) is 3.57 Å². The molecule has 0 atom stereocenters. The number of halogens is 3. The molecule has 1 aromatic rings. The van der Waals surface area contributed by atoms with Crippen molar-refractivity contribution in [3.05, 3.63) is 45.0 Å². The Kier molecular flexibility index (Phi) is 3.30. The molecule has 1 nitrogen and oxygen atoms in total. The van der Waals surface area contributed by atoms with Gasteiger partial charge in [-0.05, 0) is 45.9 Å². The topological polar surface area (TPSA) is 12.0 Å². The number of allylic oxidation sites excluding steroid dienone is 1.